The summed E-state index contributed by atoms with van der Waals surface area (Å²) >= 11 is 0. The zero-order valence-corrected chi connectivity index (χ0v) is 11.7. The Bertz CT molecular complexity index is 482. The molecule has 0 spiro atoms. The topological polar surface area (TPSA) is 41.1 Å². The summed E-state index contributed by atoms with van der Waals surface area (Å²) in [5.74, 6) is 0.420. The molecule has 1 aromatic rings. The van der Waals surface area contributed by atoms with Gasteiger partial charge in [0, 0.05) is 13.0 Å². The first-order valence-corrected chi connectivity index (χ1v) is 7.08. The fourth-order valence-electron chi connectivity index (χ4n) is 2.44. The van der Waals surface area contributed by atoms with Crippen LogP contribution in [0, 0.1) is 5.92 Å². The predicted molar refractivity (Wildman–Crippen MR) is 73.5 cm³/mol. The van der Waals surface area contributed by atoms with Gasteiger partial charge in [0.2, 0.25) is 5.91 Å². The van der Waals surface area contributed by atoms with E-state index in [0.717, 1.165) is 38.1 Å². The molecule has 6 heteroatoms. The Labute approximate surface area is 121 Å². The van der Waals surface area contributed by atoms with Gasteiger partial charge in [-0.1, -0.05) is 12.1 Å². The van der Waals surface area contributed by atoms with Crippen LogP contribution in [0.1, 0.15) is 30.4 Å². The quantitative estimate of drug-likeness (QED) is 0.878. The summed E-state index contributed by atoms with van der Waals surface area (Å²) in [5, 5.41) is 5.91. The molecule has 1 aliphatic rings. The van der Waals surface area contributed by atoms with Crippen LogP contribution in [-0.2, 0) is 17.5 Å². The van der Waals surface area contributed by atoms with E-state index in [1.165, 1.54) is 6.07 Å². The van der Waals surface area contributed by atoms with E-state index >= 15 is 0 Å². The zero-order valence-electron chi connectivity index (χ0n) is 11.7. The van der Waals surface area contributed by atoms with Crippen molar-refractivity contribution >= 4 is 5.91 Å². The first-order valence-electron chi connectivity index (χ1n) is 7.08. The van der Waals surface area contributed by atoms with Crippen LogP contribution in [0.2, 0.25) is 0 Å². The Morgan fingerprint density at radius 3 is 2.86 bits per heavy atom. The van der Waals surface area contributed by atoms with Gasteiger partial charge in [-0.05, 0) is 49.5 Å². The number of hydrogen-bond donors (Lipinski definition) is 2. The molecule has 0 radical (unpaired) electrons. The number of carbonyl (C=O) groups excluding carboxylic acids is 1. The third kappa shape index (κ3) is 5.04. The standard InChI is InChI=1S/C15H19F3N2O/c16-15(17,18)13-3-1-2-12(8-13)10-20-14(21)5-4-11-6-7-19-9-11/h1-3,8,11,19H,4-7,9-10H2,(H,20,21). The average molecular weight is 300 g/mol. The van der Waals surface area contributed by atoms with Gasteiger partial charge in [-0.15, -0.1) is 0 Å². The van der Waals surface area contributed by atoms with Crippen LogP contribution in [-0.4, -0.2) is 19.0 Å². The molecule has 21 heavy (non-hydrogen) atoms. The van der Waals surface area contributed by atoms with E-state index in [9.17, 15) is 18.0 Å². The van der Waals surface area contributed by atoms with Gasteiger partial charge in [0.15, 0.2) is 0 Å². The highest BCUT2D eigenvalue weighted by molar-refractivity contribution is 5.75. The van der Waals surface area contributed by atoms with Gasteiger partial charge in [0.1, 0.15) is 0 Å². The molecule has 2 N–H and O–H groups in total. The van der Waals surface area contributed by atoms with E-state index in [0.29, 0.717) is 17.9 Å². The number of hydrogen-bond acceptors (Lipinski definition) is 2. The lowest BCUT2D eigenvalue weighted by Gasteiger charge is -2.10. The van der Waals surface area contributed by atoms with Gasteiger partial charge in [0.05, 0.1) is 5.56 Å². The largest absolute Gasteiger partial charge is 0.416 e. The van der Waals surface area contributed by atoms with Crippen LogP contribution in [0.3, 0.4) is 0 Å². The second-order valence-corrected chi connectivity index (χ2v) is 5.37. The van der Waals surface area contributed by atoms with Crippen molar-refractivity contribution in [3.8, 4) is 0 Å². The number of benzene rings is 1. The molecule has 0 aromatic heterocycles. The lowest BCUT2D eigenvalue weighted by Crippen LogP contribution is -2.23. The monoisotopic (exact) mass is 300 g/mol. The summed E-state index contributed by atoms with van der Waals surface area (Å²) in [4.78, 5) is 11.7. The van der Waals surface area contributed by atoms with E-state index in [1.54, 1.807) is 6.07 Å². The van der Waals surface area contributed by atoms with E-state index in [-0.39, 0.29) is 12.5 Å². The van der Waals surface area contributed by atoms with Crippen molar-refractivity contribution in [2.75, 3.05) is 13.1 Å². The van der Waals surface area contributed by atoms with Crippen molar-refractivity contribution in [1.82, 2.24) is 10.6 Å². The average Bonchev–Trinajstić information content (AvgIpc) is 2.95. The number of halogens is 3. The van der Waals surface area contributed by atoms with Gasteiger partial charge in [0.25, 0.3) is 0 Å². The van der Waals surface area contributed by atoms with Gasteiger partial charge >= 0.3 is 6.18 Å². The first-order chi connectivity index (χ1) is 9.95. The molecule has 0 aliphatic carbocycles. The van der Waals surface area contributed by atoms with Crippen molar-refractivity contribution in [2.45, 2.75) is 32.0 Å². The van der Waals surface area contributed by atoms with Crippen molar-refractivity contribution < 1.29 is 18.0 Å². The van der Waals surface area contributed by atoms with E-state index < -0.39 is 11.7 Å². The number of rotatable bonds is 5. The highest BCUT2D eigenvalue weighted by Gasteiger charge is 2.30. The maximum Gasteiger partial charge on any atom is 0.416 e. The molecule has 116 valence electrons. The zero-order chi connectivity index (χ0) is 15.3. The van der Waals surface area contributed by atoms with Gasteiger partial charge < -0.3 is 10.6 Å². The van der Waals surface area contributed by atoms with Crippen LogP contribution in [0.5, 0.6) is 0 Å². The maximum atomic E-state index is 12.6. The molecule has 2 rings (SSSR count). The van der Waals surface area contributed by atoms with Gasteiger partial charge in [-0.3, -0.25) is 4.79 Å². The molecular formula is C15H19F3N2O. The normalized spacial score (nSPS) is 18.7. The van der Waals surface area contributed by atoms with Crippen LogP contribution in [0.4, 0.5) is 13.2 Å². The summed E-state index contributed by atoms with van der Waals surface area (Å²) in [6.07, 6.45) is -2.02. The Balaban J connectivity index is 1.78. The lowest BCUT2D eigenvalue weighted by atomic mass is 10.0. The van der Waals surface area contributed by atoms with Crippen LogP contribution < -0.4 is 10.6 Å². The molecule has 0 bridgehead atoms. The Kier molecular flexibility index (Phi) is 5.22. The first kappa shape index (κ1) is 15.8. The summed E-state index contributed by atoms with van der Waals surface area (Å²) in [6.45, 7) is 2.07. The molecule has 1 aliphatic heterocycles. The Morgan fingerprint density at radius 2 is 2.19 bits per heavy atom. The van der Waals surface area contributed by atoms with Crippen molar-refractivity contribution in [1.29, 1.82) is 0 Å². The van der Waals surface area contributed by atoms with Crippen molar-refractivity contribution in [3.63, 3.8) is 0 Å². The van der Waals surface area contributed by atoms with Crippen LogP contribution >= 0.6 is 0 Å². The van der Waals surface area contributed by atoms with E-state index in [1.807, 2.05) is 0 Å². The highest BCUT2D eigenvalue weighted by Crippen LogP contribution is 2.29. The van der Waals surface area contributed by atoms with Gasteiger partial charge in [-0.25, -0.2) is 0 Å². The van der Waals surface area contributed by atoms with Crippen LogP contribution in [0.25, 0.3) is 0 Å². The molecule has 3 nitrogen and oxygen atoms in total. The minimum Gasteiger partial charge on any atom is -0.352 e. The fourth-order valence-corrected chi connectivity index (χ4v) is 2.44. The van der Waals surface area contributed by atoms with E-state index in [4.69, 9.17) is 0 Å². The molecule has 1 unspecified atom stereocenters. The van der Waals surface area contributed by atoms with Crippen molar-refractivity contribution in [2.24, 2.45) is 5.92 Å². The summed E-state index contributed by atoms with van der Waals surface area (Å²) in [6, 6.07) is 5.03. The highest BCUT2D eigenvalue weighted by atomic mass is 19.4. The summed E-state index contributed by atoms with van der Waals surface area (Å²) in [7, 11) is 0. The smallest absolute Gasteiger partial charge is 0.352 e. The van der Waals surface area contributed by atoms with Crippen molar-refractivity contribution in [3.05, 3.63) is 35.4 Å². The van der Waals surface area contributed by atoms with E-state index in [2.05, 4.69) is 10.6 Å². The second kappa shape index (κ2) is 6.93. The number of nitrogens with one attached hydrogen (secondary N) is 2. The molecule has 1 aromatic carbocycles. The maximum absolute atomic E-state index is 12.6. The Morgan fingerprint density at radius 1 is 1.38 bits per heavy atom. The van der Waals surface area contributed by atoms with Gasteiger partial charge in [-0.2, -0.15) is 13.2 Å². The molecule has 1 fully saturated rings. The number of alkyl halides is 3. The second-order valence-electron chi connectivity index (χ2n) is 5.37. The number of amides is 1. The third-order valence-corrected chi connectivity index (χ3v) is 3.69. The molecule has 1 saturated heterocycles. The predicted octanol–water partition coefficient (Wildman–Crippen LogP) is 2.71. The minimum atomic E-state index is -4.35. The third-order valence-electron chi connectivity index (χ3n) is 3.69. The molecule has 1 atom stereocenters. The molecule has 1 heterocycles. The molecule has 0 saturated carbocycles. The van der Waals surface area contributed by atoms with Crippen LogP contribution in [0.15, 0.2) is 24.3 Å². The minimum absolute atomic E-state index is 0.112. The summed E-state index contributed by atoms with van der Waals surface area (Å²) < 4.78 is 37.7. The SMILES string of the molecule is O=C(CCC1CCNC1)NCc1cccc(C(F)(F)F)c1. The lowest BCUT2D eigenvalue weighted by molar-refractivity contribution is -0.137. The Hall–Kier alpha value is -1.56. The molecule has 1 amide bonds. The fraction of sp³-hybridized carbons (Fsp3) is 0.533. The summed E-state index contributed by atoms with van der Waals surface area (Å²) in [5.41, 5.74) is -0.230. The number of carbonyl (C=O) groups is 1. The molecular weight excluding hydrogens is 281 g/mol.